The van der Waals surface area contributed by atoms with Crippen molar-refractivity contribution in [3.8, 4) is 11.4 Å². The Bertz CT molecular complexity index is 2100. The molecular weight excluding hydrogens is 600 g/mol. The van der Waals surface area contributed by atoms with Crippen molar-refractivity contribution in [2.45, 2.75) is 27.7 Å². The topological polar surface area (TPSA) is 92.7 Å². The highest BCUT2D eigenvalue weighted by Crippen LogP contribution is 2.25. The normalized spacial score (nSPS) is 11.7. The van der Waals surface area contributed by atoms with Gasteiger partial charge in [0.2, 0.25) is 0 Å². The second-order valence-corrected chi connectivity index (χ2v) is 11.4. The van der Waals surface area contributed by atoms with Gasteiger partial charge in [-0.3, -0.25) is 9.97 Å². The molecule has 0 amide bonds. The van der Waals surface area contributed by atoms with E-state index < -0.39 is 11.3 Å². The monoisotopic (exact) mass is 638 g/mol. The second-order valence-electron chi connectivity index (χ2n) is 11.4. The minimum Gasteiger partial charge on any atom is -0.422 e. The average molecular weight is 639 g/mol. The highest BCUT2D eigenvalue weighted by Gasteiger charge is 2.10. The van der Waals surface area contributed by atoms with Gasteiger partial charge in [-0.1, -0.05) is 12.2 Å². The molecule has 0 bridgehead atoms. The molecule has 0 N–H and O–H groups in total. The molecule has 2 aromatic carbocycles. The number of pyridine rings is 2. The summed E-state index contributed by atoms with van der Waals surface area (Å²) >= 11 is 0. The average Bonchev–Trinajstić information content (AvgIpc) is 3.11. The first-order valence-electron chi connectivity index (χ1n) is 16.3. The zero-order valence-corrected chi connectivity index (χ0v) is 27.6. The minimum absolute atomic E-state index is 0.393. The lowest BCUT2D eigenvalue weighted by atomic mass is 10.1. The molecular formula is C40H38N4O4. The molecule has 242 valence electrons. The number of fused-ring (bicyclic) bond motifs is 2. The molecule has 6 aromatic rings. The van der Waals surface area contributed by atoms with Gasteiger partial charge < -0.3 is 18.6 Å². The van der Waals surface area contributed by atoms with Crippen molar-refractivity contribution in [2.75, 3.05) is 36.0 Å². The van der Waals surface area contributed by atoms with Crippen LogP contribution in [0.5, 0.6) is 0 Å². The van der Waals surface area contributed by atoms with E-state index in [1.165, 1.54) is 0 Å². The maximum Gasteiger partial charge on any atom is 0.343 e. The SMILES string of the molecule is CCN(CC)c1ccc2cc(/C=C/c3ccnc(-c4cc(/C=C/c5cc6ccc(N(CC)CC)cc6oc5=O)ccn4)c3)c(=O)oc2c1. The van der Waals surface area contributed by atoms with Crippen LogP contribution in [0.4, 0.5) is 11.4 Å². The first-order chi connectivity index (χ1) is 23.4. The Morgan fingerprint density at radius 2 is 0.958 bits per heavy atom. The van der Waals surface area contributed by atoms with Crippen LogP contribution in [0.2, 0.25) is 0 Å². The van der Waals surface area contributed by atoms with Crippen molar-refractivity contribution in [1.29, 1.82) is 0 Å². The van der Waals surface area contributed by atoms with E-state index in [-0.39, 0.29) is 0 Å². The van der Waals surface area contributed by atoms with Crippen LogP contribution in [-0.2, 0) is 0 Å². The Morgan fingerprint density at radius 3 is 1.35 bits per heavy atom. The summed E-state index contributed by atoms with van der Waals surface area (Å²) in [5.41, 5.74) is 6.40. The largest absolute Gasteiger partial charge is 0.422 e. The third-order valence-corrected chi connectivity index (χ3v) is 8.49. The summed E-state index contributed by atoms with van der Waals surface area (Å²) in [5, 5.41) is 1.72. The van der Waals surface area contributed by atoms with Crippen molar-refractivity contribution in [2.24, 2.45) is 0 Å². The predicted octanol–water partition coefficient (Wildman–Crippen LogP) is 8.39. The van der Waals surface area contributed by atoms with Gasteiger partial charge in [0, 0.05) is 72.9 Å². The summed E-state index contributed by atoms with van der Waals surface area (Å²) in [6.07, 6.45) is 10.7. The highest BCUT2D eigenvalue weighted by molar-refractivity contribution is 5.85. The Kier molecular flexibility index (Phi) is 9.62. The summed E-state index contributed by atoms with van der Waals surface area (Å²) in [6, 6.07) is 23.2. The number of nitrogens with zero attached hydrogens (tertiary/aromatic N) is 4. The molecule has 0 spiro atoms. The summed E-state index contributed by atoms with van der Waals surface area (Å²) in [7, 11) is 0. The van der Waals surface area contributed by atoms with E-state index in [9.17, 15) is 9.59 Å². The molecule has 0 fully saturated rings. The molecule has 0 radical (unpaired) electrons. The molecule has 8 nitrogen and oxygen atoms in total. The lowest BCUT2D eigenvalue weighted by Gasteiger charge is -2.20. The highest BCUT2D eigenvalue weighted by atomic mass is 16.4. The summed E-state index contributed by atoms with van der Waals surface area (Å²) < 4.78 is 11.4. The van der Waals surface area contributed by atoms with E-state index in [4.69, 9.17) is 8.83 Å². The van der Waals surface area contributed by atoms with E-state index in [2.05, 4.69) is 47.5 Å². The van der Waals surface area contributed by atoms with Crippen LogP contribution in [0.25, 0.3) is 57.6 Å². The van der Waals surface area contributed by atoms with Crippen molar-refractivity contribution < 1.29 is 8.83 Å². The lowest BCUT2D eigenvalue weighted by Crippen LogP contribution is -2.21. The molecule has 8 heteroatoms. The predicted molar refractivity (Wildman–Crippen MR) is 197 cm³/mol. The fraction of sp³-hybridized carbons (Fsp3) is 0.200. The summed E-state index contributed by atoms with van der Waals surface area (Å²) in [5.74, 6) is 0. The van der Waals surface area contributed by atoms with E-state index in [1.54, 1.807) is 24.5 Å². The molecule has 0 saturated carbocycles. The number of hydrogen-bond acceptors (Lipinski definition) is 8. The molecule has 6 rings (SSSR count). The molecule has 0 saturated heterocycles. The summed E-state index contributed by atoms with van der Waals surface area (Å²) in [6.45, 7) is 11.9. The van der Waals surface area contributed by atoms with Crippen LogP contribution in [0.3, 0.4) is 0 Å². The zero-order chi connectivity index (χ0) is 33.6. The molecule has 4 heterocycles. The van der Waals surface area contributed by atoms with E-state index in [1.807, 2.05) is 84.9 Å². The van der Waals surface area contributed by atoms with Crippen molar-refractivity contribution in [1.82, 2.24) is 9.97 Å². The zero-order valence-electron chi connectivity index (χ0n) is 27.6. The van der Waals surface area contributed by atoms with Crippen LogP contribution in [0.1, 0.15) is 49.9 Å². The van der Waals surface area contributed by atoms with Gasteiger partial charge in [0.25, 0.3) is 0 Å². The number of anilines is 2. The fourth-order valence-electron chi connectivity index (χ4n) is 5.79. The van der Waals surface area contributed by atoms with E-state index >= 15 is 0 Å². The standard InChI is InChI=1S/C40H38N4O4/c1-5-43(6-2)33-15-13-29-23-31(39(45)47-37(29)25-33)11-9-27-17-19-41-35(21-27)36-22-28(18-20-42-36)10-12-32-24-30-14-16-34(44(7-3)8-4)26-38(30)48-40(32)46/h9-26H,5-8H2,1-4H3/b11-9+,12-10+. The van der Waals surface area contributed by atoms with Gasteiger partial charge in [-0.05, 0) is 112 Å². The Hall–Kier alpha value is -5.76. The molecule has 4 aromatic heterocycles. The van der Waals surface area contributed by atoms with Gasteiger partial charge in [0.15, 0.2) is 0 Å². The maximum atomic E-state index is 12.8. The third-order valence-electron chi connectivity index (χ3n) is 8.49. The van der Waals surface area contributed by atoms with E-state index in [0.29, 0.717) is 33.7 Å². The van der Waals surface area contributed by atoms with Crippen LogP contribution in [-0.4, -0.2) is 36.1 Å². The van der Waals surface area contributed by atoms with Gasteiger partial charge in [-0.2, -0.15) is 0 Å². The molecule has 0 atom stereocenters. The Labute approximate surface area is 279 Å². The van der Waals surface area contributed by atoms with Gasteiger partial charge in [0.1, 0.15) is 11.2 Å². The lowest BCUT2D eigenvalue weighted by molar-refractivity contribution is 0.559. The Morgan fingerprint density at radius 1 is 0.542 bits per heavy atom. The number of rotatable bonds is 11. The van der Waals surface area contributed by atoms with Gasteiger partial charge in [-0.25, -0.2) is 9.59 Å². The van der Waals surface area contributed by atoms with Crippen LogP contribution < -0.4 is 21.1 Å². The minimum atomic E-state index is -0.393. The molecule has 0 aliphatic rings. The fourth-order valence-corrected chi connectivity index (χ4v) is 5.79. The maximum absolute atomic E-state index is 12.8. The van der Waals surface area contributed by atoms with Crippen LogP contribution in [0.15, 0.2) is 104 Å². The van der Waals surface area contributed by atoms with Gasteiger partial charge in [-0.15, -0.1) is 0 Å². The number of benzene rings is 2. The quantitative estimate of drug-likeness (QED) is 0.131. The molecule has 0 aliphatic heterocycles. The first-order valence-corrected chi connectivity index (χ1v) is 16.3. The Balaban J connectivity index is 1.21. The number of aromatic nitrogens is 2. The second kappa shape index (κ2) is 14.3. The van der Waals surface area contributed by atoms with Crippen molar-refractivity contribution >= 4 is 57.6 Å². The van der Waals surface area contributed by atoms with Gasteiger partial charge >= 0.3 is 11.3 Å². The van der Waals surface area contributed by atoms with Crippen molar-refractivity contribution in [3.63, 3.8) is 0 Å². The smallest absolute Gasteiger partial charge is 0.343 e. The molecule has 0 unspecified atom stereocenters. The third kappa shape index (κ3) is 6.98. The molecule has 0 aliphatic carbocycles. The first kappa shape index (κ1) is 32.2. The van der Waals surface area contributed by atoms with Crippen LogP contribution >= 0.6 is 0 Å². The van der Waals surface area contributed by atoms with E-state index in [0.717, 1.165) is 59.5 Å². The van der Waals surface area contributed by atoms with Crippen molar-refractivity contribution in [3.05, 3.63) is 128 Å². The number of hydrogen-bond donors (Lipinski definition) is 0. The van der Waals surface area contributed by atoms with Gasteiger partial charge in [0.05, 0.1) is 22.5 Å². The molecule has 48 heavy (non-hydrogen) atoms. The summed E-state index contributed by atoms with van der Waals surface area (Å²) in [4.78, 5) is 39.1. The van der Waals surface area contributed by atoms with Crippen LogP contribution in [0, 0.1) is 0 Å².